The first-order valence-corrected chi connectivity index (χ1v) is 9.56. The molecule has 5 heteroatoms. The quantitative estimate of drug-likeness (QED) is 0.771. The largest absolute Gasteiger partial charge is 0.481 e. The highest BCUT2D eigenvalue weighted by molar-refractivity contribution is 6.04. The van der Waals surface area contributed by atoms with Crippen molar-refractivity contribution in [1.29, 1.82) is 0 Å². The van der Waals surface area contributed by atoms with Crippen LogP contribution in [0.15, 0.2) is 48.5 Å². The Balaban J connectivity index is 2.06. The number of rotatable bonds is 6. The molecule has 0 aliphatic rings. The fourth-order valence-electron chi connectivity index (χ4n) is 2.66. The van der Waals surface area contributed by atoms with Crippen LogP contribution in [0.3, 0.4) is 0 Å². The number of carbonyl (C=O) groups is 2. The topological polar surface area (TPSA) is 67.4 Å². The van der Waals surface area contributed by atoms with E-state index in [0.29, 0.717) is 17.0 Å². The first-order chi connectivity index (χ1) is 13.1. The van der Waals surface area contributed by atoms with Gasteiger partial charge in [-0.1, -0.05) is 45.0 Å². The molecule has 1 atom stereocenters. The van der Waals surface area contributed by atoms with Gasteiger partial charge in [0.25, 0.3) is 11.8 Å². The minimum atomic E-state index is -0.707. The van der Waals surface area contributed by atoms with Gasteiger partial charge in [-0.3, -0.25) is 9.59 Å². The van der Waals surface area contributed by atoms with E-state index in [1.807, 2.05) is 38.1 Å². The predicted octanol–water partition coefficient (Wildman–Crippen LogP) is 4.53. The number of anilines is 1. The summed E-state index contributed by atoms with van der Waals surface area (Å²) in [5.41, 5.74) is 2.14. The summed E-state index contributed by atoms with van der Waals surface area (Å²) in [6, 6.07) is 14.7. The van der Waals surface area contributed by atoms with E-state index in [4.69, 9.17) is 4.74 Å². The molecular formula is C23H30N2O3. The van der Waals surface area contributed by atoms with Crippen LogP contribution >= 0.6 is 0 Å². The van der Waals surface area contributed by atoms with Gasteiger partial charge in [-0.15, -0.1) is 0 Å². The lowest BCUT2D eigenvalue weighted by atomic mass is 9.87. The van der Waals surface area contributed by atoms with Crippen molar-refractivity contribution in [2.24, 2.45) is 0 Å². The Morgan fingerprint density at radius 3 is 2.11 bits per heavy atom. The van der Waals surface area contributed by atoms with Crippen LogP contribution in [0.5, 0.6) is 5.75 Å². The Morgan fingerprint density at radius 1 is 0.929 bits per heavy atom. The van der Waals surface area contributed by atoms with Gasteiger partial charge in [0.1, 0.15) is 5.75 Å². The summed E-state index contributed by atoms with van der Waals surface area (Å²) >= 11 is 0. The molecular weight excluding hydrogens is 352 g/mol. The zero-order chi connectivity index (χ0) is 20.9. The standard InChI is InChI=1S/C23H30N2O3/c1-15(2)24-22(27)19-9-7-8-10-20(19)25-21(26)16(3)28-18-13-11-17(12-14-18)23(4,5)6/h7-16H,1-6H3,(H,24,27)(H,25,26). The number of amides is 2. The summed E-state index contributed by atoms with van der Waals surface area (Å²) in [5.74, 6) is 0.0865. The van der Waals surface area contributed by atoms with Crippen molar-refractivity contribution in [1.82, 2.24) is 5.32 Å². The predicted molar refractivity (Wildman–Crippen MR) is 113 cm³/mol. The van der Waals surface area contributed by atoms with E-state index in [-0.39, 0.29) is 23.3 Å². The minimum Gasteiger partial charge on any atom is -0.481 e. The monoisotopic (exact) mass is 382 g/mol. The van der Waals surface area contributed by atoms with Crippen LogP contribution in [0.1, 0.15) is 57.5 Å². The Hall–Kier alpha value is -2.82. The van der Waals surface area contributed by atoms with Crippen molar-refractivity contribution < 1.29 is 14.3 Å². The molecule has 5 nitrogen and oxygen atoms in total. The lowest BCUT2D eigenvalue weighted by Crippen LogP contribution is -2.33. The lowest BCUT2D eigenvalue weighted by Gasteiger charge is -2.20. The van der Waals surface area contributed by atoms with E-state index in [1.54, 1.807) is 31.2 Å². The second kappa shape index (κ2) is 8.91. The van der Waals surface area contributed by atoms with Crippen LogP contribution in [0.2, 0.25) is 0 Å². The number of hydrogen-bond acceptors (Lipinski definition) is 3. The second-order valence-corrected chi connectivity index (χ2v) is 8.20. The van der Waals surface area contributed by atoms with E-state index in [9.17, 15) is 9.59 Å². The summed E-state index contributed by atoms with van der Waals surface area (Å²) in [5, 5.41) is 5.63. The second-order valence-electron chi connectivity index (χ2n) is 8.20. The third-order valence-electron chi connectivity index (χ3n) is 4.25. The summed E-state index contributed by atoms with van der Waals surface area (Å²) in [7, 11) is 0. The van der Waals surface area contributed by atoms with Crippen molar-refractivity contribution in [3.05, 3.63) is 59.7 Å². The fraction of sp³-hybridized carbons (Fsp3) is 0.391. The van der Waals surface area contributed by atoms with E-state index in [2.05, 4.69) is 31.4 Å². The Bertz CT molecular complexity index is 820. The molecule has 2 aromatic rings. The smallest absolute Gasteiger partial charge is 0.265 e. The first-order valence-electron chi connectivity index (χ1n) is 9.56. The van der Waals surface area contributed by atoms with Crippen LogP contribution in [-0.4, -0.2) is 24.0 Å². The Kier molecular flexibility index (Phi) is 6.84. The van der Waals surface area contributed by atoms with Gasteiger partial charge in [0, 0.05) is 6.04 Å². The maximum Gasteiger partial charge on any atom is 0.265 e. The zero-order valence-electron chi connectivity index (χ0n) is 17.5. The number of ether oxygens (including phenoxy) is 1. The maximum absolute atomic E-state index is 12.6. The molecule has 0 aliphatic carbocycles. The fourth-order valence-corrected chi connectivity index (χ4v) is 2.66. The lowest BCUT2D eigenvalue weighted by molar-refractivity contribution is -0.122. The van der Waals surface area contributed by atoms with Crippen LogP contribution in [0, 0.1) is 0 Å². The highest BCUT2D eigenvalue weighted by Crippen LogP contribution is 2.25. The highest BCUT2D eigenvalue weighted by atomic mass is 16.5. The van der Waals surface area contributed by atoms with Gasteiger partial charge >= 0.3 is 0 Å². The zero-order valence-corrected chi connectivity index (χ0v) is 17.5. The number of para-hydroxylation sites is 1. The van der Waals surface area contributed by atoms with Gasteiger partial charge in [-0.2, -0.15) is 0 Å². The summed E-state index contributed by atoms with van der Waals surface area (Å²) in [6.07, 6.45) is -0.707. The molecule has 0 fully saturated rings. The summed E-state index contributed by atoms with van der Waals surface area (Å²) < 4.78 is 5.77. The third-order valence-corrected chi connectivity index (χ3v) is 4.25. The molecule has 0 saturated heterocycles. The Morgan fingerprint density at radius 2 is 1.54 bits per heavy atom. The van der Waals surface area contributed by atoms with Crippen LogP contribution in [0.4, 0.5) is 5.69 Å². The van der Waals surface area contributed by atoms with Crippen molar-refractivity contribution in [3.8, 4) is 5.75 Å². The molecule has 0 radical (unpaired) electrons. The molecule has 0 bridgehead atoms. The van der Waals surface area contributed by atoms with Crippen molar-refractivity contribution in [3.63, 3.8) is 0 Å². The molecule has 28 heavy (non-hydrogen) atoms. The number of hydrogen-bond donors (Lipinski definition) is 2. The van der Waals surface area contributed by atoms with Gasteiger partial charge in [-0.25, -0.2) is 0 Å². The molecule has 1 unspecified atom stereocenters. The molecule has 2 amide bonds. The SMILES string of the molecule is CC(C)NC(=O)c1ccccc1NC(=O)C(C)Oc1ccc(C(C)(C)C)cc1. The van der Waals surface area contributed by atoms with Crippen molar-refractivity contribution in [2.45, 2.75) is 59.1 Å². The molecule has 0 aliphatic heterocycles. The van der Waals surface area contributed by atoms with E-state index >= 15 is 0 Å². The molecule has 0 spiro atoms. The van der Waals surface area contributed by atoms with Crippen LogP contribution in [-0.2, 0) is 10.2 Å². The van der Waals surface area contributed by atoms with Crippen LogP contribution < -0.4 is 15.4 Å². The van der Waals surface area contributed by atoms with Gasteiger partial charge < -0.3 is 15.4 Å². The highest BCUT2D eigenvalue weighted by Gasteiger charge is 2.19. The molecule has 0 saturated carbocycles. The first kappa shape index (κ1) is 21.5. The molecule has 2 rings (SSSR count). The molecule has 0 aromatic heterocycles. The van der Waals surface area contributed by atoms with E-state index < -0.39 is 6.10 Å². The van der Waals surface area contributed by atoms with E-state index in [0.717, 1.165) is 0 Å². The molecule has 0 heterocycles. The normalized spacial score (nSPS) is 12.4. The van der Waals surface area contributed by atoms with Crippen molar-refractivity contribution in [2.75, 3.05) is 5.32 Å². The summed E-state index contributed by atoms with van der Waals surface area (Å²) in [6.45, 7) is 11.9. The van der Waals surface area contributed by atoms with Gasteiger partial charge in [0.2, 0.25) is 0 Å². The van der Waals surface area contributed by atoms with Gasteiger partial charge in [-0.05, 0) is 56.0 Å². The minimum absolute atomic E-state index is 0.00887. The average Bonchev–Trinajstić information content (AvgIpc) is 2.61. The average molecular weight is 383 g/mol. The molecule has 2 N–H and O–H groups in total. The van der Waals surface area contributed by atoms with Crippen molar-refractivity contribution >= 4 is 17.5 Å². The van der Waals surface area contributed by atoms with Gasteiger partial charge in [0.05, 0.1) is 11.3 Å². The number of carbonyl (C=O) groups excluding carboxylic acids is 2. The van der Waals surface area contributed by atoms with Crippen LogP contribution in [0.25, 0.3) is 0 Å². The van der Waals surface area contributed by atoms with E-state index in [1.165, 1.54) is 5.56 Å². The maximum atomic E-state index is 12.6. The van der Waals surface area contributed by atoms with Gasteiger partial charge in [0.15, 0.2) is 6.10 Å². The number of benzene rings is 2. The molecule has 150 valence electrons. The third kappa shape index (κ3) is 5.84. The Labute approximate surface area is 167 Å². The summed E-state index contributed by atoms with van der Waals surface area (Å²) in [4.78, 5) is 24.9. The molecule has 2 aromatic carbocycles. The number of nitrogens with one attached hydrogen (secondary N) is 2.